The summed E-state index contributed by atoms with van der Waals surface area (Å²) < 4.78 is 0.992. The van der Waals surface area contributed by atoms with E-state index in [2.05, 4.69) is 20.3 Å². The highest BCUT2D eigenvalue weighted by Crippen LogP contribution is 2.56. The van der Waals surface area contributed by atoms with Crippen LogP contribution in [0.15, 0.2) is 24.3 Å². The zero-order valence-electron chi connectivity index (χ0n) is 15.4. The van der Waals surface area contributed by atoms with Crippen molar-refractivity contribution in [3.63, 3.8) is 0 Å². The topological polar surface area (TPSA) is 154 Å². The minimum atomic E-state index is -1.50. The molecule has 3 aromatic rings. The van der Waals surface area contributed by atoms with Crippen LogP contribution >= 0.6 is 11.3 Å². The number of thiazole rings is 1. The number of hydrogen-bond acceptors (Lipinski definition) is 9. The molecule has 1 aromatic carbocycles. The van der Waals surface area contributed by atoms with Crippen molar-refractivity contribution in [1.82, 2.24) is 15.0 Å². The first kappa shape index (κ1) is 18.4. The van der Waals surface area contributed by atoms with Crippen molar-refractivity contribution in [2.24, 2.45) is 11.7 Å². The van der Waals surface area contributed by atoms with Gasteiger partial charge >= 0.3 is 0 Å². The molecule has 0 spiro atoms. The van der Waals surface area contributed by atoms with Crippen LogP contribution in [0.2, 0.25) is 0 Å². The Labute approximate surface area is 169 Å². The van der Waals surface area contributed by atoms with Gasteiger partial charge in [0.15, 0.2) is 0 Å². The van der Waals surface area contributed by atoms with E-state index in [1.165, 1.54) is 11.3 Å². The van der Waals surface area contributed by atoms with Gasteiger partial charge in [0, 0.05) is 5.92 Å². The van der Waals surface area contributed by atoms with Crippen LogP contribution < -0.4 is 11.1 Å². The molecule has 2 aromatic heterocycles. The molecule has 0 radical (unpaired) electrons. The normalized spacial score (nSPS) is 30.3. The number of aryl methyl sites for hydroxylation is 1. The van der Waals surface area contributed by atoms with Crippen molar-refractivity contribution in [1.29, 1.82) is 0 Å². The molecule has 1 amide bonds. The smallest absolute Gasteiger partial charge is 0.286 e. The number of carbonyl (C=O) groups is 1. The average molecular weight is 413 g/mol. The average Bonchev–Trinajstić information content (AvgIpc) is 2.99. The summed E-state index contributed by atoms with van der Waals surface area (Å²) in [7, 11) is 0. The molecule has 5 rings (SSSR count). The van der Waals surface area contributed by atoms with Gasteiger partial charge in [0.05, 0.1) is 33.6 Å². The number of fused-ring (bicyclic) bond motifs is 2. The second-order valence-corrected chi connectivity index (χ2v) is 8.61. The molecular formula is C19H19N5O4S. The molecule has 0 saturated heterocycles. The largest absolute Gasteiger partial charge is 0.390 e. The van der Waals surface area contributed by atoms with Gasteiger partial charge in [-0.3, -0.25) is 4.79 Å². The highest BCUT2D eigenvalue weighted by molar-refractivity contribution is 7.21. The van der Waals surface area contributed by atoms with Crippen LogP contribution in [0, 0.1) is 12.8 Å². The number of aliphatic hydroxyl groups is 3. The molecule has 0 aliphatic heterocycles. The molecule has 2 heterocycles. The number of nitrogens with one attached hydrogen (secondary N) is 1. The Morgan fingerprint density at radius 2 is 2.00 bits per heavy atom. The van der Waals surface area contributed by atoms with Crippen LogP contribution in [0.25, 0.3) is 20.8 Å². The number of hydrogen-bond donors (Lipinski definition) is 5. The summed E-state index contributed by atoms with van der Waals surface area (Å²) in [5, 5.41) is 34.5. The lowest BCUT2D eigenvalue weighted by Crippen LogP contribution is -2.42. The van der Waals surface area contributed by atoms with Crippen molar-refractivity contribution in [3.8, 4) is 10.6 Å². The Morgan fingerprint density at radius 3 is 2.66 bits per heavy atom. The number of carbonyl (C=O) groups excluding carboxylic acids is 1. The van der Waals surface area contributed by atoms with Crippen LogP contribution in [0.4, 0.5) is 5.82 Å². The van der Waals surface area contributed by atoms with Crippen molar-refractivity contribution in [2.45, 2.75) is 37.2 Å². The lowest BCUT2D eigenvalue weighted by molar-refractivity contribution is -0.0262. The van der Waals surface area contributed by atoms with Crippen molar-refractivity contribution < 1.29 is 20.1 Å². The number of primary amides is 1. The van der Waals surface area contributed by atoms with Crippen LogP contribution in [-0.4, -0.2) is 60.0 Å². The molecule has 0 bridgehead atoms. The number of aliphatic hydroxyl groups excluding tert-OH is 2. The maximum Gasteiger partial charge on any atom is 0.286 e. The molecule has 5 atom stereocenters. The predicted octanol–water partition coefficient (Wildman–Crippen LogP) is 0.428. The van der Waals surface area contributed by atoms with E-state index in [1.54, 1.807) is 6.92 Å². The van der Waals surface area contributed by atoms with Crippen LogP contribution in [0.3, 0.4) is 0 Å². The van der Waals surface area contributed by atoms with Crippen molar-refractivity contribution in [2.75, 3.05) is 5.32 Å². The van der Waals surface area contributed by atoms with Crippen LogP contribution in [-0.2, 0) is 0 Å². The number of amides is 1. The van der Waals surface area contributed by atoms with Gasteiger partial charge in [-0.1, -0.05) is 12.1 Å². The first-order valence-electron chi connectivity index (χ1n) is 9.20. The lowest BCUT2D eigenvalue weighted by atomic mass is 10.1. The predicted molar refractivity (Wildman–Crippen MR) is 106 cm³/mol. The van der Waals surface area contributed by atoms with Crippen molar-refractivity contribution >= 4 is 33.3 Å². The fraction of sp³-hybridized carbons (Fsp3) is 0.368. The molecule has 2 saturated carbocycles. The Morgan fingerprint density at radius 1 is 1.24 bits per heavy atom. The van der Waals surface area contributed by atoms with E-state index in [0.29, 0.717) is 28.5 Å². The molecule has 2 aliphatic rings. The summed E-state index contributed by atoms with van der Waals surface area (Å²) in [6.45, 7) is 1.74. The molecular weight excluding hydrogens is 394 g/mol. The van der Waals surface area contributed by atoms with Crippen LogP contribution in [0.1, 0.15) is 22.7 Å². The van der Waals surface area contributed by atoms with E-state index in [0.717, 1.165) is 10.2 Å². The number of benzene rings is 1. The number of para-hydroxylation sites is 1. The quantitative estimate of drug-likeness (QED) is 0.412. The third-order valence-corrected chi connectivity index (χ3v) is 6.90. The minimum absolute atomic E-state index is 0.147. The van der Waals surface area contributed by atoms with E-state index < -0.39 is 29.8 Å². The minimum Gasteiger partial charge on any atom is -0.390 e. The second-order valence-electron chi connectivity index (χ2n) is 7.58. The monoisotopic (exact) mass is 413 g/mol. The van der Waals surface area contributed by atoms with E-state index in [1.807, 2.05) is 24.3 Å². The fourth-order valence-electron chi connectivity index (χ4n) is 4.22. The maximum absolute atomic E-state index is 11.7. The molecule has 150 valence electrons. The maximum atomic E-state index is 11.7. The van der Waals surface area contributed by atoms with Gasteiger partial charge in [-0.05, 0) is 25.5 Å². The number of rotatable bonds is 4. The molecule has 2 aliphatic carbocycles. The van der Waals surface area contributed by atoms with Crippen LogP contribution in [0.5, 0.6) is 0 Å². The van der Waals surface area contributed by atoms with E-state index in [-0.39, 0.29) is 11.7 Å². The Balaban J connectivity index is 1.58. The summed E-state index contributed by atoms with van der Waals surface area (Å²) >= 11 is 1.46. The molecule has 10 heteroatoms. The Bertz CT molecular complexity index is 1120. The van der Waals surface area contributed by atoms with E-state index in [4.69, 9.17) is 5.73 Å². The number of nitrogens with zero attached hydrogens (tertiary/aromatic N) is 3. The number of anilines is 1. The van der Waals surface area contributed by atoms with Gasteiger partial charge in [0.25, 0.3) is 5.91 Å². The molecule has 29 heavy (non-hydrogen) atoms. The van der Waals surface area contributed by atoms with Gasteiger partial charge in [-0.25, -0.2) is 15.0 Å². The summed E-state index contributed by atoms with van der Waals surface area (Å²) in [5.41, 5.74) is 5.84. The molecule has 5 unspecified atom stereocenters. The Kier molecular flexibility index (Phi) is 3.91. The second kappa shape index (κ2) is 6.17. The fourth-order valence-corrected chi connectivity index (χ4v) is 5.28. The summed E-state index contributed by atoms with van der Waals surface area (Å²) in [5.74, 6) is -0.990. The third kappa shape index (κ3) is 2.64. The highest BCUT2D eigenvalue weighted by Gasteiger charge is 2.74. The lowest BCUT2D eigenvalue weighted by Gasteiger charge is -2.24. The Hall–Kier alpha value is -2.66. The standard InChI is InChI=1S/C19H19N5O4S/c1-7-12(18-23-9-4-2-3-5-11(9)29-18)16(24-17(21-7)15(20)27)22-10-6-8-13(25)19(8,28)14(10)26/h2-5,8,10,13-14,25-26,28H,6H2,1H3,(H2,20,27)(H,21,22,24). The van der Waals surface area contributed by atoms with Gasteiger partial charge in [0.2, 0.25) is 5.82 Å². The number of aromatic nitrogens is 3. The van der Waals surface area contributed by atoms with Gasteiger partial charge in [-0.2, -0.15) is 0 Å². The van der Waals surface area contributed by atoms with E-state index >= 15 is 0 Å². The van der Waals surface area contributed by atoms with Gasteiger partial charge in [0.1, 0.15) is 22.5 Å². The van der Waals surface area contributed by atoms with E-state index in [9.17, 15) is 20.1 Å². The third-order valence-electron chi connectivity index (χ3n) is 5.84. The van der Waals surface area contributed by atoms with Crippen molar-refractivity contribution in [3.05, 3.63) is 35.8 Å². The molecule has 6 N–H and O–H groups in total. The zero-order valence-corrected chi connectivity index (χ0v) is 16.2. The summed E-state index contributed by atoms with van der Waals surface area (Å²) in [6.07, 6.45) is -1.72. The van der Waals surface area contributed by atoms with Gasteiger partial charge in [-0.15, -0.1) is 11.3 Å². The summed E-state index contributed by atoms with van der Waals surface area (Å²) in [6, 6.07) is 7.15. The highest BCUT2D eigenvalue weighted by atomic mass is 32.1. The first-order chi connectivity index (χ1) is 13.8. The molecule has 2 fully saturated rings. The van der Waals surface area contributed by atoms with Gasteiger partial charge < -0.3 is 26.4 Å². The zero-order chi connectivity index (χ0) is 20.5. The SMILES string of the molecule is Cc1nc(C(N)=O)nc(NC2CC3C(O)C3(O)C2O)c1-c1nc2ccccc2s1. The molecule has 9 nitrogen and oxygen atoms in total. The first-order valence-corrected chi connectivity index (χ1v) is 10.0. The summed E-state index contributed by atoms with van der Waals surface area (Å²) in [4.78, 5) is 24.8. The number of nitrogens with two attached hydrogens (primary N) is 1.